The molecule has 0 aliphatic carbocycles. The Labute approximate surface area is 101 Å². The maximum Gasteiger partial charge on any atom is 0.139 e. The molecule has 0 spiro atoms. The van der Waals surface area contributed by atoms with Gasteiger partial charge in [0.2, 0.25) is 0 Å². The van der Waals surface area contributed by atoms with Crippen LogP contribution < -0.4 is 0 Å². The zero-order valence-corrected chi connectivity index (χ0v) is 9.98. The fourth-order valence-electron chi connectivity index (χ4n) is 2.70. The summed E-state index contributed by atoms with van der Waals surface area (Å²) in [7, 11) is 0. The van der Waals surface area contributed by atoms with Crippen molar-refractivity contribution in [3.05, 3.63) is 47.5 Å². The molecule has 2 heteroatoms. The van der Waals surface area contributed by atoms with Crippen LogP contribution in [0.25, 0.3) is 0 Å². The van der Waals surface area contributed by atoms with Crippen LogP contribution in [-0.2, 0) is 21.6 Å². The Morgan fingerprint density at radius 2 is 2.12 bits per heavy atom. The third-order valence-electron chi connectivity index (χ3n) is 3.68. The van der Waals surface area contributed by atoms with Crippen molar-refractivity contribution in [1.29, 1.82) is 0 Å². The fraction of sp³-hybridized carbons (Fsp3) is 0.400. The Kier molecular flexibility index (Phi) is 2.40. The minimum absolute atomic E-state index is 0.0119. The first-order valence-electron chi connectivity index (χ1n) is 6.20. The molecule has 2 unspecified atom stereocenters. The Balaban J connectivity index is 1.96. The van der Waals surface area contributed by atoms with Gasteiger partial charge in [-0.2, -0.15) is 0 Å². The van der Waals surface area contributed by atoms with Crippen molar-refractivity contribution in [2.75, 3.05) is 0 Å². The quantitative estimate of drug-likeness (QED) is 0.727. The molecule has 2 bridgehead atoms. The standard InChI is InChI=1S/C15H16O2/c1-2-11-3-5-12(6-4-11)15-8-7-14(17-15)9-13(16)10-15/h3-8,14H,2,9-10H2,1H3. The minimum atomic E-state index is -0.480. The molecule has 1 saturated heterocycles. The zero-order valence-electron chi connectivity index (χ0n) is 9.98. The molecule has 1 fully saturated rings. The highest BCUT2D eigenvalue weighted by Crippen LogP contribution is 2.42. The van der Waals surface area contributed by atoms with Gasteiger partial charge in [-0.05, 0) is 23.6 Å². The summed E-state index contributed by atoms with van der Waals surface area (Å²) in [6, 6.07) is 8.41. The number of benzene rings is 1. The topological polar surface area (TPSA) is 26.3 Å². The van der Waals surface area contributed by atoms with Crippen molar-refractivity contribution in [2.45, 2.75) is 37.9 Å². The van der Waals surface area contributed by atoms with Crippen LogP contribution in [0.1, 0.15) is 30.9 Å². The lowest BCUT2D eigenvalue weighted by Crippen LogP contribution is -2.35. The number of Topliss-reactive ketones (excluding diaryl/α,β-unsaturated/α-hetero) is 1. The van der Waals surface area contributed by atoms with E-state index in [0.717, 1.165) is 12.0 Å². The van der Waals surface area contributed by atoms with Gasteiger partial charge in [-0.25, -0.2) is 0 Å². The van der Waals surface area contributed by atoms with E-state index in [2.05, 4.69) is 37.3 Å². The second-order valence-electron chi connectivity index (χ2n) is 4.87. The number of carbonyl (C=O) groups is 1. The molecule has 1 aromatic rings. The van der Waals surface area contributed by atoms with Gasteiger partial charge in [0.05, 0.1) is 6.10 Å². The van der Waals surface area contributed by atoms with E-state index in [4.69, 9.17) is 4.74 Å². The molecule has 88 valence electrons. The highest BCUT2D eigenvalue weighted by atomic mass is 16.5. The second-order valence-corrected chi connectivity index (χ2v) is 4.87. The van der Waals surface area contributed by atoms with Gasteiger partial charge in [0, 0.05) is 12.8 Å². The lowest BCUT2D eigenvalue weighted by Gasteiger charge is -2.33. The third-order valence-corrected chi connectivity index (χ3v) is 3.68. The van der Waals surface area contributed by atoms with E-state index in [-0.39, 0.29) is 6.10 Å². The maximum atomic E-state index is 11.7. The summed E-state index contributed by atoms with van der Waals surface area (Å²) in [5, 5.41) is 0. The SMILES string of the molecule is CCc1ccc(C23C=CC(CC(=O)C2)O3)cc1. The normalized spacial score (nSPS) is 30.9. The lowest BCUT2D eigenvalue weighted by atomic mass is 9.87. The van der Waals surface area contributed by atoms with E-state index >= 15 is 0 Å². The van der Waals surface area contributed by atoms with Crippen LogP contribution in [0.2, 0.25) is 0 Å². The summed E-state index contributed by atoms with van der Waals surface area (Å²) >= 11 is 0. The summed E-state index contributed by atoms with van der Waals surface area (Å²) in [4.78, 5) is 11.7. The van der Waals surface area contributed by atoms with Gasteiger partial charge in [-0.3, -0.25) is 4.79 Å². The van der Waals surface area contributed by atoms with Gasteiger partial charge in [-0.1, -0.05) is 37.3 Å². The number of aryl methyl sites for hydroxylation is 1. The van der Waals surface area contributed by atoms with Crippen LogP contribution in [0, 0.1) is 0 Å². The maximum absolute atomic E-state index is 11.7. The van der Waals surface area contributed by atoms with E-state index in [9.17, 15) is 4.79 Å². The molecule has 17 heavy (non-hydrogen) atoms. The first-order valence-corrected chi connectivity index (χ1v) is 6.20. The molecule has 2 nitrogen and oxygen atoms in total. The number of ether oxygens (including phenoxy) is 1. The van der Waals surface area contributed by atoms with Crippen LogP contribution in [0.5, 0.6) is 0 Å². The predicted octanol–water partition coefficient (Wildman–Crippen LogP) is 2.76. The summed E-state index contributed by atoms with van der Waals surface area (Å²) in [5.74, 6) is 0.297. The van der Waals surface area contributed by atoms with E-state index in [1.54, 1.807) is 0 Å². The molecular weight excluding hydrogens is 212 g/mol. The zero-order chi connectivity index (χ0) is 11.9. The van der Waals surface area contributed by atoms with Crippen molar-refractivity contribution in [2.24, 2.45) is 0 Å². The molecule has 2 heterocycles. The highest BCUT2D eigenvalue weighted by molar-refractivity contribution is 5.82. The number of ketones is 1. The van der Waals surface area contributed by atoms with Gasteiger partial charge < -0.3 is 4.74 Å². The summed E-state index contributed by atoms with van der Waals surface area (Å²) in [6.45, 7) is 2.14. The van der Waals surface area contributed by atoms with Gasteiger partial charge >= 0.3 is 0 Å². The molecule has 1 aromatic carbocycles. The van der Waals surface area contributed by atoms with Crippen LogP contribution in [0.15, 0.2) is 36.4 Å². The molecule has 0 N–H and O–H groups in total. The van der Waals surface area contributed by atoms with E-state index in [1.165, 1.54) is 5.56 Å². The van der Waals surface area contributed by atoms with Crippen molar-refractivity contribution in [1.82, 2.24) is 0 Å². The monoisotopic (exact) mass is 228 g/mol. The van der Waals surface area contributed by atoms with Crippen LogP contribution in [0.3, 0.4) is 0 Å². The molecule has 0 radical (unpaired) electrons. The molecule has 3 rings (SSSR count). The van der Waals surface area contributed by atoms with Crippen LogP contribution in [0.4, 0.5) is 0 Å². The van der Waals surface area contributed by atoms with Crippen molar-refractivity contribution < 1.29 is 9.53 Å². The van der Waals surface area contributed by atoms with Crippen molar-refractivity contribution >= 4 is 5.78 Å². The largest absolute Gasteiger partial charge is 0.358 e. The Hall–Kier alpha value is -1.41. The van der Waals surface area contributed by atoms with E-state index in [0.29, 0.717) is 18.6 Å². The third kappa shape index (κ3) is 1.73. The average molecular weight is 228 g/mol. The number of fused-ring (bicyclic) bond motifs is 2. The fourth-order valence-corrected chi connectivity index (χ4v) is 2.70. The predicted molar refractivity (Wildman–Crippen MR) is 65.8 cm³/mol. The van der Waals surface area contributed by atoms with Gasteiger partial charge in [0.25, 0.3) is 0 Å². The molecular formula is C15H16O2. The first-order chi connectivity index (χ1) is 8.22. The number of hydrogen-bond donors (Lipinski definition) is 0. The summed E-state index contributed by atoms with van der Waals surface area (Å²) in [5.41, 5.74) is 1.93. The van der Waals surface area contributed by atoms with E-state index in [1.807, 2.05) is 6.08 Å². The number of carbonyl (C=O) groups excluding carboxylic acids is 1. The molecule has 0 aromatic heterocycles. The lowest BCUT2D eigenvalue weighted by molar-refractivity contribution is -0.138. The van der Waals surface area contributed by atoms with Gasteiger partial charge in [-0.15, -0.1) is 0 Å². The average Bonchev–Trinajstić information content (AvgIpc) is 2.66. The molecule has 2 atom stereocenters. The second kappa shape index (κ2) is 3.81. The molecule has 0 saturated carbocycles. The first kappa shape index (κ1) is 10.7. The van der Waals surface area contributed by atoms with Crippen LogP contribution in [-0.4, -0.2) is 11.9 Å². The highest BCUT2D eigenvalue weighted by Gasteiger charge is 2.43. The minimum Gasteiger partial charge on any atom is -0.358 e. The Morgan fingerprint density at radius 3 is 2.82 bits per heavy atom. The van der Waals surface area contributed by atoms with Gasteiger partial charge in [0.15, 0.2) is 0 Å². The Bertz CT molecular complexity index is 472. The number of rotatable bonds is 2. The summed E-state index contributed by atoms with van der Waals surface area (Å²) < 4.78 is 5.98. The van der Waals surface area contributed by atoms with Crippen molar-refractivity contribution in [3.8, 4) is 0 Å². The van der Waals surface area contributed by atoms with Crippen LogP contribution >= 0.6 is 0 Å². The van der Waals surface area contributed by atoms with E-state index < -0.39 is 5.60 Å². The van der Waals surface area contributed by atoms with Crippen molar-refractivity contribution in [3.63, 3.8) is 0 Å². The summed E-state index contributed by atoms with van der Waals surface area (Å²) in [6.07, 6.45) is 6.12. The number of hydrogen-bond acceptors (Lipinski definition) is 2. The van der Waals surface area contributed by atoms with Gasteiger partial charge in [0.1, 0.15) is 11.4 Å². The molecule has 2 aliphatic heterocycles. The molecule has 0 amide bonds. The molecule has 2 aliphatic rings. The smallest absolute Gasteiger partial charge is 0.139 e. The Morgan fingerprint density at radius 1 is 1.35 bits per heavy atom.